The van der Waals surface area contributed by atoms with Gasteiger partial charge in [-0.15, -0.1) is 12.4 Å². The summed E-state index contributed by atoms with van der Waals surface area (Å²) in [6, 6.07) is 17.1. The second kappa shape index (κ2) is 11.6. The molecule has 0 aromatic heterocycles. The summed E-state index contributed by atoms with van der Waals surface area (Å²) >= 11 is 0. The molecule has 25 heavy (non-hydrogen) atoms. The Morgan fingerprint density at radius 2 is 1.84 bits per heavy atom. The minimum absolute atomic E-state index is 0. The number of nitrogens with one attached hydrogen (secondary N) is 1. The molecule has 0 heterocycles. The van der Waals surface area contributed by atoms with Crippen LogP contribution in [0, 0.1) is 0 Å². The Hall–Kier alpha value is -1.92. The van der Waals surface area contributed by atoms with Crippen molar-refractivity contribution in [3.63, 3.8) is 0 Å². The summed E-state index contributed by atoms with van der Waals surface area (Å²) in [6.07, 6.45) is 0.878. The number of anilines is 1. The van der Waals surface area contributed by atoms with Crippen molar-refractivity contribution in [2.24, 2.45) is 5.73 Å². The van der Waals surface area contributed by atoms with Gasteiger partial charge in [-0.05, 0) is 29.7 Å². The van der Waals surface area contributed by atoms with Crippen LogP contribution in [0.25, 0.3) is 0 Å². The molecule has 0 aliphatic heterocycles. The van der Waals surface area contributed by atoms with Crippen molar-refractivity contribution >= 4 is 24.0 Å². The van der Waals surface area contributed by atoms with Gasteiger partial charge < -0.3 is 20.5 Å². The molecule has 0 radical (unpaired) electrons. The molecule has 0 saturated heterocycles. The molecule has 0 aliphatic rings. The van der Waals surface area contributed by atoms with Crippen LogP contribution in [0.3, 0.4) is 0 Å². The number of benzene rings is 2. The number of hydrogen-bond acceptors (Lipinski definition) is 4. The monoisotopic (exact) mass is 364 g/mol. The standard InChI is InChI=1S/C19H24N2O3.ClH/c1-23-14-18(20)19(22)21-17-9-5-8-16(12-17)13-24-11-10-15-6-3-2-4-7-15;/h2-9,12,18H,10-11,13-14,20H2,1H3,(H,21,22);1H. The van der Waals surface area contributed by atoms with Gasteiger partial charge in [0.2, 0.25) is 5.91 Å². The van der Waals surface area contributed by atoms with E-state index in [1.165, 1.54) is 12.7 Å². The fourth-order valence-electron chi connectivity index (χ4n) is 2.25. The van der Waals surface area contributed by atoms with Gasteiger partial charge in [-0.1, -0.05) is 42.5 Å². The van der Waals surface area contributed by atoms with E-state index < -0.39 is 6.04 Å². The summed E-state index contributed by atoms with van der Waals surface area (Å²) in [5, 5.41) is 2.78. The zero-order valence-corrected chi connectivity index (χ0v) is 15.1. The van der Waals surface area contributed by atoms with Crippen molar-refractivity contribution < 1.29 is 14.3 Å². The second-order valence-corrected chi connectivity index (χ2v) is 5.54. The Morgan fingerprint density at radius 3 is 2.56 bits per heavy atom. The fourth-order valence-corrected chi connectivity index (χ4v) is 2.25. The van der Waals surface area contributed by atoms with Crippen LogP contribution < -0.4 is 11.1 Å². The molecular formula is C19H25ClN2O3. The van der Waals surface area contributed by atoms with Crippen LogP contribution in [-0.4, -0.2) is 32.3 Å². The number of ether oxygens (including phenoxy) is 2. The Morgan fingerprint density at radius 1 is 1.12 bits per heavy atom. The van der Waals surface area contributed by atoms with E-state index in [1.807, 2.05) is 42.5 Å². The number of amides is 1. The van der Waals surface area contributed by atoms with Crippen LogP contribution in [0.1, 0.15) is 11.1 Å². The highest BCUT2D eigenvalue weighted by molar-refractivity contribution is 5.94. The molecular weight excluding hydrogens is 340 g/mol. The molecule has 2 aromatic carbocycles. The maximum absolute atomic E-state index is 11.9. The SMILES string of the molecule is COCC(N)C(=O)Nc1cccc(COCCc2ccccc2)c1.Cl. The number of halogens is 1. The molecule has 3 N–H and O–H groups in total. The van der Waals surface area contributed by atoms with Crippen molar-refractivity contribution in [1.29, 1.82) is 0 Å². The third-order valence-corrected chi connectivity index (χ3v) is 3.52. The second-order valence-electron chi connectivity index (χ2n) is 5.54. The van der Waals surface area contributed by atoms with Gasteiger partial charge >= 0.3 is 0 Å². The molecule has 2 aromatic rings. The Kier molecular flexibility index (Phi) is 9.80. The van der Waals surface area contributed by atoms with Crippen LogP contribution in [0.4, 0.5) is 5.69 Å². The summed E-state index contributed by atoms with van der Waals surface area (Å²) in [5.74, 6) is -0.265. The van der Waals surface area contributed by atoms with Crippen LogP contribution in [0.2, 0.25) is 0 Å². The summed E-state index contributed by atoms with van der Waals surface area (Å²) in [4.78, 5) is 11.9. The third-order valence-electron chi connectivity index (χ3n) is 3.52. The molecule has 0 aliphatic carbocycles. The first-order valence-corrected chi connectivity index (χ1v) is 7.95. The molecule has 0 fully saturated rings. The summed E-state index contributed by atoms with van der Waals surface area (Å²) in [6.45, 7) is 1.34. The Labute approximate surface area is 154 Å². The first-order chi connectivity index (χ1) is 11.7. The highest BCUT2D eigenvalue weighted by Crippen LogP contribution is 2.12. The topological polar surface area (TPSA) is 73.6 Å². The lowest BCUT2D eigenvalue weighted by molar-refractivity contribution is -0.118. The molecule has 1 atom stereocenters. The molecule has 5 nitrogen and oxygen atoms in total. The minimum Gasteiger partial charge on any atom is -0.383 e. The van der Waals surface area contributed by atoms with E-state index in [-0.39, 0.29) is 24.9 Å². The quantitative estimate of drug-likeness (QED) is 0.671. The first-order valence-electron chi connectivity index (χ1n) is 7.95. The minimum atomic E-state index is -0.680. The lowest BCUT2D eigenvalue weighted by Gasteiger charge is -2.12. The van der Waals surface area contributed by atoms with Gasteiger partial charge in [-0.3, -0.25) is 4.79 Å². The molecule has 136 valence electrons. The van der Waals surface area contributed by atoms with E-state index in [9.17, 15) is 4.79 Å². The summed E-state index contributed by atoms with van der Waals surface area (Å²) < 4.78 is 10.6. The molecule has 0 spiro atoms. The highest BCUT2D eigenvalue weighted by Gasteiger charge is 2.13. The smallest absolute Gasteiger partial charge is 0.243 e. The van der Waals surface area contributed by atoms with Crippen molar-refractivity contribution in [2.45, 2.75) is 19.1 Å². The summed E-state index contributed by atoms with van der Waals surface area (Å²) in [5.41, 5.74) is 8.67. The Balaban J connectivity index is 0.00000312. The normalized spacial score (nSPS) is 11.4. The van der Waals surface area contributed by atoms with Crippen molar-refractivity contribution in [3.05, 3.63) is 65.7 Å². The molecule has 0 bridgehead atoms. The maximum atomic E-state index is 11.9. The number of nitrogens with two attached hydrogens (primary N) is 1. The number of carbonyl (C=O) groups excluding carboxylic acids is 1. The van der Waals surface area contributed by atoms with Gasteiger partial charge in [-0.25, -0.2) is 0 Å². The summed E-state index contributed by atoms with van der Waals surface area (Å²) in [7, 11) is 1.51. The van der Waals surface area contributed by atoms with E-state index >= 15 is 0 Å². The lowest BCUT2D eigenvalue weighted by atomic mass is 10.2. The average Bonchev–Trinajstić information content (AvgIpc) is 2.60. The molecule has 1 amide bonds. The number of methoxy groups -OCH3 is 1. The maximum Gasteiger partial charge on any atom is 0.243 e. The first kappa shape index (κ1) is 21.1. The molecule has 2 rings (SSSR count). The predicted molar refractivity (Wildman–Crippen MR) is 102 cm³/mol. The molecule has 6 heteroatoms. The van der Waals surface area contributed by atoms with E-state index in [1.54, 1.807) is 0 Å². The predicted octanol–water partition coefficient (Wildman–Crippen LogP) is 2.78. The zero-order valence-electron chi connectivity index (χ0n) is 14.3. The Bertz CT molecular complexity index is 638. The van der Waals surface area contributed by atoms with Gasteiger partial charge in [0.05, 0.1) is 19.8 Å². The van der Waals surface area contributed by atoms with Crippen LogP contribution in [-0.2, 0) is 27.3 Å². The van der Waals surface area contributed by atoms with Crippen LogP contribution in [0.5, 0.6) is 0 Å². The van der Waals surface area contributed by atoms with Crippen LogP contribution >= 0.6 is 12.4 Å². The van der Waals surface area contributed by atoms with Gasteiger partial charge in [0.25, 0.3) is 0 Å². The van der Waals surface area contributed by atoms with Crippen molar-refractivity contribution in [3.8, 4) is 0 Å². The zero-order chi connectivity index (χ0) is 17.2. The van der Waals surface area contributed by atoms with Crippen molar-refractivity contribution in [1.82, 2.24) is 0 Å². The van der Waals surface area contributed by atoms with E-state index in [0.717, 1.165) is 12.0 Å². The van der Waals surface area contributed by atoms with Crippen LogP contribution in [0.15, 0.2) is 54.6 Å². The van der Waals surface area contributed by atoms with E-state index in [4.69, 9.17) is 15.2 Å². The number of hydrogen-bond donors (Lipinski definition) is 2. The lowest BCUT2D eigenvalue weighted by Crippen LogP contribution is -2.39. The van der Waals surface area contributed by atoms with Gasteiger partial charge in [-0.2, -0.15) is 0 Å². The molecule has 1 unspecified atom stereocenters. The number of rotatable bonds is 9. The average molecular weight is 365 g/mol. The van der Waals surface area contributed by atoms with Crippen molar-refractivity contribution in [2.75, 3.05) is 25.6 Å². The third kappa shape index (κ3) is 7.67. The van der Waals surface area contributed by atoms with Gasteiger partial charge in [0.15, 0.2) is 0 Å². The largest absolute Gasteiger partial charge is 0.383 e. The number of carbonyl (C=O) groups is 1. The van der Waals surface area contributed by atoms with Gasteiger partial charge in [0, 0.05) is 12.8 Å². The van der Waals surface area contributed by atoms with E-state index in [0.29, 0.717) is 18.9 Å². The van der Waals surface area contributed by atoms with E-state index in [2.05, 4.69) is 17.4 Å². The highest BCUT2D eigenvalue weighted by atomic mass is 35.5. The fraction of sp³-hybridized carbons (Fsp3) is 0.316. The molecule has 0 saturated carbocycles. The van der Waals surface area contributed by atoms with Gasteiger partial charge in [0.1, 0.15) is 6.04 Å².